The van der Waals surface area contributed by atoms with Gasteiger partial charge in [0.1, 0.15) is 16.3 Å². The monoisotopic (exact) mass is 383 g/mol. The lowest BCUT2D eigenvalue weighted by Gasteiger charge is -2.12. The summed E-state index contributed by atoms with van der Waals surface area (Å²) in [6.45, 7) is 0. The predicted molar refractivity (Wildman–Crippen MR) is 107 cm³/mol. The summed E-state index contributed by atoms with van der Waals surface area (Å²) in [6.07, 6.45) is 0. The van der Waals surface area contributed by atoms with Crippen LogP contribution in [-0.2, 0) is 0 Å². The Hall–Kier alpha value is -3.46. The highest BCUT2D eigenvalue weighted by Gasteiger charge is 2.25. The Bertz CT molecular complexity index is 998. The lowest BCUT2D eigenvalue weighted by Crippen LogP contribution is -2.08. The predicted octanol–water partition coefficient (Wildman–Crippen LogP) is 3.67. The molecule has 0 aliphatic rings. The highest BCUT2D eigenvalue weighted by atomic mass is 32.1. The summed E-state index contributed by atoms with van der Waals surface area (Å²) < 4.78 is 0. The Morgan fingerprint density at radius 3 is 2.48 bits per heavy atom. The second-order valence-electron chi connectivity index (χ2n) is 5.90. The molecule has 0 amide bonds. The van der Waals surface area contributed by atoms with Crippen molar-refractivity contribution in [2.75, 3.05) is 30.0 Å². The van der Waals surface area contributed by atoms with E-state index in [-0.39, 0.29) is 21.9 Å². The van der Waals surface area contributed by atoms with Crippen LogP contribution in [-0.4, -0.2) is 29.8 Å². The van der Waals surface area contributed by atoms with Gasteiger partial charge in [-0.05, 0) is 30.3 Å². The summed E-state index contributed by atoms with van der Waals surface area (Å²) in [5.74, 6) is -0.483. The van der Waals surface area contributed by atoms with Crippen molar-refractivity contribution in [3.63, 3.8) is 0 Å². The van der Waals surface area contributed by atoms with E-state index in [0.717, 1.165) is 22.7 Å². The van der Waals surface area contributed by atoms with Crippen LogP contribution in [0.5, 0.6) is 0 Å². The van der Waals surface area contributed by atoms with Crippen LogP contribution in [0.4, 0.5) is 28.0 Å². The number of para-hydroxylation sites is 1. The van der Waals surface area contributed by atoms with Gasteiger partial charge in [-0.2, -0.15) is 0 Å². The fraction of sp³-hybridized carbons (Fsp3) is 0.111. The van der Waals surface area contributed by atoms with Gasteiger partial charge in [0.05, 0.1) is 4.92 Å². The zero-order valence-corrected chi connectivity index (χ0v) is 15.5. The van der Waals surface area contributed by atoms with E-state index >= 15 is 0 Å². The quantitative estimate of drug-likeness (QED) is 0.379. The zero-order chi connectivity index (χ0) is 19.6. The number of nitro groups is 1. The van der Waals surface area contributed by atoms with Crippen molar-refractivity contribution in [1.29, 1.82) is 0 Å². The largest absolute Gasteiger partial charge is 0.382 e. The van der Waals surface area contributed by atoms with Gasteiger partial charge in [0.15, 0.2) is 5.13 Å². The Kier molecular flexibility index (Phi) is 5.04. The van der Waals surface area contributed by atoms with E-state index in [2.05, 4.69) is 10.3 Å². The lowest BCUT2D eigenvalue weighted by atomic mass is 10.1. The number of anilines is 4. The molecule has 9 heteroatoms. The van der Waals surface area contributed by atoms with Crippen molar-refractivity contribution in [2.45, 2.75) is 0 Å². The smallest absolute Gasteiger partial charge is 0.280 e. The molecule has 3 rings (SSSR count). The summed E-state index contributed by atoms with van der Waals surface area (Å²) in [4.78, 5) is 29.6. The van der Waals surface area contributed by atoms with Crippen LogP contribution in [0.25, 0.3) is 0 Å². The first kappa shape index (κ1) is 18.3. The number of benzene rings is 2. The van der Waals surface area contributed by atoms with E-state index in [1.165, 1.54) is 18.2 Å². The number of carbonyl (C=O) groups is 1. The van der Waals surface area contributed by atoms with Crippen LogP contribution in [0.3, 0.4) is 0 Å². The first-order valence-electron chi connectivity index (χ1n) is 7.95. The van der Waals surface area contributed by atoms with Gasteiger partial charge in [0.25, 0.3) is 5.69 Å². The first-order valence-corrected chi connectivity index (χ1v) is 8.77. The molecule has 3 N–H and O–H groups in total. The minimum absolute atomic E-state index is 0.0141. The van der Waals surface area contributed by atoms with Crippen LogP contribution in [0.15, 0.2) is 48.5 Å². The van der Waals surface area contributed by atoms with E-state index in [4.69, 9.17) is 5.73 Å². The third-order valence-electron chi connectivity index (χ3n) is 3.84. The van der Waals surface area contributed by atoms with Gasteiger partial charge in [-0.3, -0.25) is 14.9 Å². The van der Waals surface area contributed by atoms with E-state index in [1.807, 2.05) is 43.3 Å². The number of aromatic nitrogens is 1. The molecular weight excluding hydrogens is 366 g/mol. The molecule has 3 aromatic rings. The highest BCUT2D eigenvalue weighted by molar-refractivity contribution is 7.18. The molecule has 0 aliphatic heterocycles. The number of nitrogens with one attached hydrogen (secondary N) is 1. The highest BCUT2D eigenvalue weighted by Crippen LogP contribution is 2.32. The fourth-order valence-corrected chi connectivity index (χ4v) is 3.32. The molecule has 27 heavy (non-hydrogen) atoms. The van der Waals surface area contributed by atoms with Gasteiger partial charge in [-0.1, -0.05) is 23.5 Å². The SMILES string of the molecule is CN(C)c1ccc(Nc2nc(N)c(C(=O)c3ccccc3[N+](=O)[O-])s2)cc1. The number of ketones is 1. The third-order valence-corrected chi connectivity index (χ3v) is 4.83. The number of nitrogen functional groups attached to an aromatic ring is 1. The molecule has 138 valence electrons. The van der Waals surface area contributed by atoms with Gasteiger partial charge in [0, 0.05) is 31.5 Å². The lowest BCUT2D eigenvalue weighted by molar-refractivity contribution is -0.385. The van der Waals surface area contributed by atoms with Gasteiger partial charge in [-0.15, -0.1) is 0 Å². The molecule has 0 saturated heterocycles. The second kappa shape index (κ2) is 7.42. The van der Waals surface area contributed by atoms with Crippen molar-refractivity contribution in [1.82, 2.24) is 4.98 Å². The van der Waals surface area contributed by atoms with Gasteiger partial charge < -0.3 is 16.0 Å². The number of nitro benzene ring substituents is 1. The van der Waals surface area contributed by atoms with Gasteiger partial charge in [-0.25, -0.2) is 4.98 Å². The van der Waals surface area contributed by atoms with Crippen LogP contribution in [0.2, 0.25) is 0 Å². The topological polar surface area (TPSA) is 114 Å². The standard InChI is InChI=1S/C18H17N5O3S/c1-22(2)12-9-7-11(8-10-12)20-18-21-17(19)16(27-18)15(24)13-5-3-4-6-14(13)23(25)26/h3-10H,19H2,1-2H3,(H,20,21). The average molecular weight is 383 g/mol. The molecule has 1 aromatic heterocycles. The van der Waals surface area contributed by atoms with Crippen molar-refractivity contribution < 1.29 is 9.72 Å². The summed E-state index contributed by atoms with van der Waals surface area (Å²) in [5, 5.41) is 14.7. The molecule has 2 aromatic carbocycles. The minimum Gasteiger partial charge on any atom is -0.382 e. The number of thiazole rings is 1. The van der Waals surface area contributed by atoms with Crippen molar-refractivity contribution in [2.24, 2.45) is 0 Å². The average Bonchev–Trinajstić information content (AvgIpc) is 3.01. The first-order chi connectivity index (χ1) is 12.9. The fourth-order valence-electron chi connectivity index (χ4n) is 2.46. The minimum atomic E-state index is -0.587. The van der Waals surface area contributed by atoms with Crippen LogP contribution < -0.4 is 16.0 Å². The Morgan fingerprint density at radius 2 is 1.85 bits per heavy atom. The van der Waals surface area contributed by atoms with Gasteiger partial charge in [0.2, 0.25) is 5.78 Å². The number of nitrogens with two attached hydrogens (primary N) is 1. The Labute approximate surface area is 159 Å². The number of carbonyl (C=O) groups excluding carboxylic acids is 1. The zero-order valence-electron chi connectivity index (χ0n) is 14.7. The second-order valence-corrected chi connectivity index (χ2v) is 6.90. The normalized spacial score (nSPS) is 10.4. The van der Waals surface area contributed by atoms with Crippen molar-refractivity contribution in [3.8, 4) is 0 Å². The maximum Gasteiger partial charge on any atom is 0.280 e. The van der Waals surface area contributed by atoms with Crippen LogP contribution in [0, 0.1) is 10.1 Å². The molecule has 8 nitrogen and oxygen atoms in total. The van der Waals surface area contributed by atoms with Crippen LogP contribution in [0.1, 0.15) is 15.2 Å². The summed E-state index contributed by atoms with van der Waals surface area (Å²) in [6, 6.07) is 13.4. The summed E-state index contributed by atoms with van der Waals surface area (Å²) >= 11 is 1.06. The maximum atomic E-state index is 12.7. The molecule has 0 spiro atoms. The molecular formula is C18H17N5O3S. The van der Waals surface area contributed by atoms with E-state index in [1.54, 1.807) is 6.07 Å². The van der Waals surface area contributed by atoms with E-state index < -0.39 is 10.7 Å². The number of rotatable bonds is 6. The van der Waals surface area contributed by atoms with E-state index in [9.17, 15) is 14.9 Å². The molecule has 1 heterocycles. The Balaban J connectivity index is 1.86. The molecule has 0 bridgehead atoms. The summed E-state index contributed by atoms with van der Waals surface area (Å²) in [5.41, 5.74) is 7.45. The number of nitrogens with zero attached hydrogens (tertiary/aromatic N) is 3. The van der Waals surface area contributed by atoms with E-state index in [0.29, 0.717) is 5.13 Å². The van der Waals surface area contributed by atoms with Crippen molar-refractivity contribution >= 4 is 45.1 Å². The molecule has 0 saturated carbocycles. The number of hydrogen-bond donors (Lipinski definition) is 2. The number of hydrogen-bond acceptors (Lipinski definition) is 8. The molecule has 0 aliphatic carbocycles. The Morgan fingerprint density at radius 1 is 1.19 bits per heavy atom. The van der Waals surface area contributed by atoms with Crippen molar-refractivity contribution in [3.05, 3.63) is 69.1 Å². The maximum absolute atomic E-state index is 12.7. The molecule has 0 unspecified atom stereocenters. The summed E-state index contributed by atoms with van der Waals surface area (Å²) in [7, 11) is 3.90. The third kappa shape index (κ3) is 3.87. The molecule has 0 fully saturated rings. The molecule has 0 radical (unpaired) electrons. The van der Waals surface area contributed by atoms with Crippen LogP contribution >= 0.6 is 11.3 Å². The van der Waals surface area contributed by atoms with Gasteiger partial charge >= 0.3 is 0 Å². The molecule has 0 atom stereocenters.